The molecule has 0 aliphatic rings. The molecule has 0 bridgehead atoms. The lowest BCUT2D eigenvalue weighted by Gasteiger charge is -2.07. The molecule has 5 heteroatoms. The van der Waals surface area contributed by atoms with E-state index in [1.807, 2.05) is 0 Å². The van der Waals surface area contributed by atoms with Gasteiger partial charge >= 0.3 is 0 Å². The van der Waals surface area contributed by atoms with Crippen molar-refractivity contribution < 1.29 is 18.9 Å². The number of ether oxygens (including phenoxy) is 4. The van der Waals surface area contributed by atoms with Gasteiger partial charge in [-0.25, -0.2) is 0 Å². The Kier molecular flexibility index (Phi) is 26.3. The van der Waals surface area contributed by atoms with E-state index in [0.717, 1.165) is 31.9 Å². The van der Waals surface area contributed by atoms with E-state index in [1.54, 1.807) is 0 Å². The summed E-state index contributed by atoms with van der Waals surface area (Å²) < 4.78 is 22.1. The van der Waals surface area contributed by atoms with E-state index in [2.05, 4.69) is 6.92 Å². The van der Waals surface area contributed by atoms with Crippen molar-refractivity contribution in [2.45, 2.75) is 84.0 Å². The van der Waals surface area contributed by atoms with Crippen molar-refractivity contribution in [3.8, 4) is 0 Å². The molecular formula is C22H45ClO4. The van der Waals surface area contributed by atoms with Crippen LogP contribution in [-0.4, -0.2) is 58.7 Å². The molecule has 0 aromatic rings. The second-order valence-corrected chi connectivity index (χ2v) is 7.41. The van der Waals surface area contributed by atoms with Gasteiger partial charge in [0.15, 0.2) is 0 Å². The first-order chi connectivity index (χ1) is 13.4. The summed E-state index contributed by atoms with van der Waals surface area (Å²) in [6.07, 6.45) is 15.3. The minimum atomic E-state index is 0.622. The molecule has 0 aliphatic carbocycles. The van der Waals surface area contributed by atoms with Crippen molar-refractivity contribution in [3.05, 3.63) is 0 Å². The Bertz CT molecular complexity index is 230. The van der Waals surface area contributed by atoms with Crippen LogP contribution in [0.5, 0.6) is 0 Å². The van der Waals surface area contributed by atoms with Crippen molar-refractivity contribution in [2.75, 3.05) is 58.7 Å². The first kappa shape index (κ1) is 27.1. The lowest BCUT2D eigenvalue weighted by Crippen LogP contribution is -2.12. The maximum atomic E-state index is 5.63. The highest BCUT2D eigenvalue weighted by molar-refractivity contribution is 6.17. The Morgan fingerprint density at radius 3 is 1.15 bits per heavy atom. The first-order valence-corrected chi connectivity index (χ1v) is 11.8. The van der Waals surface area contributed by atoms with Crippen LogP contribution in [0.15, 0.2) is 0 Å². The van der Waals surface area contributed by atoms with Crippen molar-refractivity contribution >= 4 is 11.6 Å². The fraction of sp³-hybridized carbons (Fsp3) is 1.00. The normalized spacial score (nSPS) is 11.3. The Balaban J connectivity index is 2.95. The van der Waals surface area contributed by atoms with Crippen LogP contribution < -0.4 is 0 Å². The maximum Gasteiger partial charge on any atom is 0.0701 e. The van der Waals surface area contributed by atoms with E-state index in [0.29, 0.717) is 39.6 Å². The first-order valence-electron chi connectivity index (χ1n) is 11.3. The van der Waals surface area contributed by atoms with Gasteiger partial charge in [0.05, 0.1) is 39.6 Å². The van der Waals surface area contributed by atoms with Crippen LogP contribution in [0.3, 0.4) is 0 Å². The highest BCUT2D eigenvalue weighted by Crippen LogP contribution is 2.08. The summed E-state index contributed by atoms with van der Waals surface area (Å²) in [6.45, 7) is 7.82. The maximum absolute atomic E-state index is 5.63. The van der Waals surface area contributed by atoms with Crippen LogP contribution >= 0.6 is 11.6 Å². The number of rotatable bonds is 24. The van der Waals surface area contributed by atoms with Crippen LogP contribution in [-0.2, 0) is 18.9 Å². The van der Waals surface area contributed by atoms with Crippen molar-refractivity contribution in [3.63, 3.8) is 0 Å². The summed E-state index contributed by atoms with van der Waals surface area (Å²) in [4.78, 5) is 0. The Labute approximate surface area is 173 Å². The molecule has 0 fully saturated rings. The predicted octanol–water partition coefficient (Wildman–Crippen LogP) is 5.99. The molecule has 0 aromatic heterocycles. The molecule has 164 valence electrons. The van der Waals surface area contributed by atoms with Gasteiger partial charge in [-0.15, -0.1) is 11.6 Å². The zero-order valence-electron chi connectivity index (χ0n) is 17.9. The van der Waals surface area contributed by atoms with E-state index < -0.39 is 0 Å². The second kappa shape index (κ2) is 26.1. The van der Waals surface area contributed by atoms with E-state index in [1.165, 1.54) is 64.2 Å². The average molecular weight is 409 g/mol. The Morgan fingerprint density at radius 1 is 0.407 bits per heavy atom. The van der Waals surface area contributed by atoms with Gasteiger partial charge in [0.2, 0.25) is 0 Å². The number of unbranched alkanes of at least 4 members (excludes halogenated alkanes) is 10. The fourth-order valence-corrected chi connectivity index (χ4v) is 2.94. The molecule has 0 atom stereocenters. The third-order valence-corrected chi connectivity index (χ3v) is 4.70. The fourth-order valence-electron chi connectivity index (χ4n) is 2.75. The molecule has 0 radical (unpaired) electrons. The third-order valence-electron chi connectivity index (χ3n) is 4.43. The molecule has 4 nitrogen and oxygen atoms in total. The summed E-state index contributed by atoms with van der Waals surface area (Å²) in [7, 11) is 0. The van der Waals surface area contributed by atoms with Gasteiger partial charge in [0.25, 0.3) is 0 Å². The molecule has 0 unspecified atom stereocenters. The lowest BCUT2D eigenvalue weighted by atomic mass is 10.1. The number of alkyl halides is 1. The molecule has 27 heavy (non-hydrogen) atoms. The number of hydrogen-bond donors (Lipinski definition) is 0. The molecular weight excluding hydrogens is 364 g/mol. The highest BCUT2D eigenvalue weighted by Gasteiger charge is 1.95. The molecule has 0 heterocycles. The summed E-state index contributed by atoms with van der Waals surface area (Å²) in [5.74, 6) is 0.766. The Morgan fingerprint density at radius 2 is 0.741 bits per heavy atom. The van der Waals surface area contributed by atoms with E-state index >= 15 is 0 Å². The minimum absolute atomic E-state index is 0.622. The van der Waals surface area contributed by atoms with Crippen LogP contribution in [0.25, 0.3) is 0 Å². The molecule has 0 saturated heterocycles. The van der Waals surface area contributed by atoms with Crippen molar-refractivity contribution in [1.82, 2.24) is 0 Å². The largest absolute Gasteiger partial charge is 0.379 e. The molecule has 0 rings (SSSR count). The lowest BCUT2D eigenvalue weighted by molar-refractivity contribution is -0.00248. The summed E-state index contributed by atoms with van der Waals surface area (Å²) in [5.41, 5.74) is 0. The van der Waals surface area contributed by atoms with Crippen LogP contribution in [0.4, 0.5) is 0 Å². The standard InChI is InChI=1S/C22H45ClO4/c1-2-3-4-5-6-7-9-12-15-24-17-19-26-21-22-27-20-18-25-16-13-10-8-11-14-23/h2-22H2,1H3. The van der Waals surface area contributed by atoms with Crippen LogP contribution in [0.1, 0.15) is 84.0 Å². The minimum Gasteiger partial charge on any atom is -0.379 e. The van der Waals surface area contributed by atoms with Crippen molar-refractivity contribution in [2.24, 2.45) is 0 Å². The van der Waals surface area contributed by atoms with Gasteiger partial charge in [-0.1, -0.05) is 64.7 Å². The van der Waals surface area contributed by atoms with Crippen LogP contribution in [0, 0.1) is 0 Å². The van der Waals surface area contributed by atoms with E-state index in [-0.39, 0.29) is 0 Å². The molecule has 0 amide bonds. The molecule has 0 aliphatic heterocycles. The SMILES string of the molecule is CCCCCCCCCCOCCOCCOCCOCCCCCCCl. The van der Waals surface area contributed by atoms with E-state index in [4.69, 9.17) is 30.5 Å². The van der Waals surface area contributed by atoms with Gasteiger partial charge < -0.3 is 18.9 Å². The molecule has 0 saturated carbocycles. The zero-order chi connectivity index (χ0) is 19.7. The second-order valence-electron chi connectivity index (χ2n) is 7.03. The molecule has 0 N–H and O–H groups in total. The zero-order valence-corrected chi connectivity index (χ0v) is 18.6. The predicted molar refractivity (Wildman–Crippen MR) is 115 cm³/mol. The topological polar surface area (TPSA) is 36.9 Å². The third kappa shape index (κ3) is 26.1. The quantitative estimate of drug-likeness (QED) is 0.145. The van der Waals surface area contributed by atoms with E-state index in [9.17, 15) is 0 Å². The summed E-state index contributed by atoms with van der Waals surface area (Å²) in [5, 5.41) is 0. The monoisotopic (exact) mass is 408 g/mol. The summed E-state index contributed by atoms with van der Waals surface area (Å²) >= 11 is 5.63. The Hall–Kier alpha value is 0.130. The molecule has 0 spiro atoms. The molecule has 0 aromatic carbocycles. The van der Waals surface area contributed by atoms with Gasteiger partial charge in [0, 0.05) is 19.1 Å². The van der Waals surface area contributed by atoms with Gasteiger partial charge in [-0.2, -0.15) is 0 Å². The van der Waals surface area contributed by atoms with Gasteiger partial charge in [-0.05, 0) is 19.3 Å². The van der Waals surface area contributed by atoms with Crippen molar-refractivity contribution in [1.29, 1.82) is 0 Å². The summed E-state index contributed by atoms with van der Waals surface area (Å²) in [6, 6.07) is 0. The van der Waals surface area contributed by atoms with Gasteiger partial charge in [-0.3, -0.25) is 0 Å². The van der Waals surface area contributed by atoms with Gasteiger partial charge in [0.1, 0.15) is 0 Å². The average Bonchev–Trinajstić information content (AvgIpc) is 2.68. The van der Waals surface area contributed by atoms with Crippen LogP contribution in [0.2, 0.25) is 0 Å². The number of halogens is 1. The highest BCUT2D eigenvalue weighted by atomic mass is 35.5. The smallest absolute Gasteiger partial charge is 0.0701 e. The number of hydrogen-bond acceptors (Lipinski definition) is 4.